The minimum Gasteiger partial charge on any atom is -0.497 e. The average Bonchev–Trinajstić information content (AvgIpc) is 3.38. The Morgan fingerprint density at radius 1 is 1.14 bits per heavy atom. The SMILES string of the molecule is CCCN(CC(=O)N1CCCCC1c1nc(-c2ccc(Cl)cc2)no1)C(=O)c1ccc(OC)cc1. The van der Waals surface area contributed by atoms with E-state index >= 15 is 0 Å². The Hall–Kier alpha value is -3.39. The summed E-state index contributed by atoms with van der Waals surface area (Å²) in [4.78, 5) is 34.5. The lowest BCUT2D eigenvalue weighted by Crippen LogP contribution is -2.46. The molecule has 184 valence electrons. The number of likely N-dealkylation sites (tertiary alicyclic amines) is 1. The maximum atomic E-state index is 13.4. The van der Waals surface area contributed by atoms with Crippen LogP contribution < -0.4 is 4.74 Å². The summed E-state index contributed by atoms with van der Waals surface area (Å²) in [5, 5.41) is 4.74. The number of methoxy groups -OCH3 is 1. The van der Waals surface area contributed by atoms with E-state index < -0.39 is 0 Å². The molecule has 35 heavy (non-hydrogen) atoms. The number of carbonyl (C=O) groups excluding carboxylic acids is 2. The second-order valence-electron chi connectivity index (χ2n) is 8.52. The van der Waals surface area contributed by atoms with Gasteiger partial charge in [-0.05, 0) is 74.2 Å². The molecule has 0 radical (unpaired) electrons. The molecular weight excluding hydrogens is 468 g/mol. The maximum Gasteiger partial charge on any atom is 0.254 e. The molecule has 1 aliphatic heterocycles. The molecule has 2 heterocycles. The number of ether oxygens (including phenoxy) is 1. The van der Waals surface area contributed by atoms with Crippen molar-refractivity contribution in [1.82, 2.24) is 19.9 Å². The van der Waals surface area contributed by atoms with Crippen molar-refractivity contribution >= 4 is 23.4 Å². The highest BCUT2D eigenvalue weighted by molar-refractivity contribution is 6.30. The molecule has 8 nitrogen and oxygen atoms in total. The van der Waals surface area contributed by atoms with E-state index in [-0.39, 0.29) is 24.4 Å². The third kappa shape index (κ3) is 5.82. The standard InChI is InChI=1S/C26H29ClN4O4/c1-3-15-30(26(33)19-9-13-21(34-2)14-10-19)17-23(32)31-16-5-4-6-22(31)25-28-24(29-35-25)18-7-11-20(27)12-8-18/h7-14,22H,3-6,15-17H2,1-2H3. The number of benzene rings is 2. The molecular formula is C26H29ClN4O4. The van der Waals surface area contributed by atoms with Crippen LogP contribution in [-0.2, 0) is 4.79 Å². The molecule has 0 bridgehead atoms. The molecule has 9 heteroatoms. The number of nitrogens with zero attached hydrogens (tertiary/aromatic N) is 4. The molecule has 1 aliphatic rings. The van der Waals surface area contributed by atoms with Crippen LogP contribution in [0.2, 0.25) is 5.02 Å². The molecule has 0 aliphatic carbocycles. The second kappa shape index (κ2) is 11.4. The molecule has 0 spiro atoms. The predicted octanol–water partition coefficient (Wildman–Crippen LogP) is 5.00. The first kappa shape index (κ1) is 24.7. The van der Waals surface area contributed by atoms with Crippen molar-refractivity contribution in [3.8, 4) is 17.1 Å². The van der Waals surface area contributed by atoms with Gasteiger partial charge in [-0.1, -0.05) is 23.7 Å². The minimum atomic E-state index is -0.315. The molecule has 0 N–H and O–H groups in total. The largest absolute Gasteiger partial charge is 0.497 e. The number of halogens is 1. The third-order valence-electron chi connectivity index (χ3n) is 6.10. The minimum absolute atomic E-state index is 0.00657. The second-order valence-corrected chi connectivity index (χ2v) is 8.95. The topological polar surface area (TPSA) is 88.8 Å². The van der Waals surface area contributed by atoms with Gasteiger partial charge in [-0.2, -0.15) is 4.98 Å². The third-order valence-corrected chi connectivity index (χ3v) is 6.35. The first-order valence-electron chi connectivity index (χ1n) is 11.8. The predicted molar refractivity (Wildman–Crippen MR) is 132 cm³/mol. The Morgan fingerprint density at radius 3 is 2.57 bits per heavy atom. The molecule has 0 saturated carbocycles. The van der Waals surface area contributed by atoms with Crippen LogP contribution in [0.15, 0.2) is 53.1 Å². The molecule has 2 amide bonds. The van der Waals surface area contributed by atoms with Gasteiger partial charge in [-0.15, -0.1) is 0 Å². The van der Waals surface area contributed by atoms with Crippen LogP contribution >= 0.6 is 11.6 Å². The van der Waals surface area contributed by atoms with Crippen molar-refractivity contribution in [1.29, 1.82) is 0 Å². The van der Waals surface area contributed by atoms with Crippen LogP contribution in [0, 0.1) is 0 Å². The smallest absolute Gasteiger partial charge is 0.254 e. The number of hydrogen-bond acceptors (Lipinski definition) is 6. The van der Waals surface area contributed by atoms with Crippen LogP contribution in [0.25, 0.3) is 11.4 Å². The Kier molecular flexibility index (Phi) is 8.02. The number of carbonyl (C=O) groups is 2. The lowest BCUT2D eigenvalue weighted by atomic mass is 10.0. The van der Waals surface area contributed by atoms with Gasteiger partial charge >= 0.3 is 0 Å². The normalized spacial score (nSPS) is 15.6. The van der Waals surface area contributed by atoms with E-state index in [2.05, 4.69) is 10.1 Å². The summed E-state index contributed by atoms with van der Waals surface area (Å²) in [6.45, 7) is 3.04. The monoisotopic (exact) mass is 496 g/mol. The van der Waals surface area contributed by atoms with Crippen molar-refractivity contribution in [2.75, 3.05) is 26.7 Å². The van der Waals surface area contributed by atoms with Gasteiger partial charge in [0.1, 0.15) is 18.3 Å². The van der Waals surface area contributed by atoms with Crippen LogP contribution in [0.3, 0.4) is 0 Å². The molecule has 4 rings (SSSR count). The van der Waals surface area contributed by atoms with E-state index in [1.54, 1.807) is 53.3 Å². The molecule has 1 atom stereocenters. The average molecular weight is 497 g/mol. The lowest BCUT2D eigenvalue weighted by molar-refractivity contribution is -0.136. The van der Waals surface area contributed by atoms with E-state index in [0.717, 1.165) is 31.2 Å². The van der Waals surface area contributed by atoms with Crippen LogP contribution in [0.5, 0.6) is 5.75 Å². The van der Waals surface area contributed by atoms with E-state index in [9.17, 15) is 9.59 Å². The molecule has 1 fully saturated rings. The zero-order valence-electron chi connectivity index (χ0n) is 19.9. The lowest BCUT2D eigenvalue weighted by Gasteiger charge is -2.35. The van der Waals surface area contributed by atoms with Gasteiger partial charge in [0.2, 0.25) is 17.6 Å². The number of hydrogen-bond donors (Lipinski definition) is 0. The summed E-state index contributed by atoms with van der Waals surface area (Å²) in [6.07, 6.45) is 3.32. The van der Waals surface area contributed by atoms with Gasteiger partial charge in [-0.25, -0.2) is 0 Å². The summed E-state index contributed by atoms with van der Waals surface area (Å²) in [7, 11) is 1.58. The zero-order valence-corrected chi connectivity index (χ0v) is 20.7. The van der Waals surface area contributed by atoms with Gasteiger partial charge in [0.05, 0.1) is 7.11 Å². The van der Waals surface area contributed by atoms with E-state index in [1.807, 2.05) is 19.1 Å². The highest BCUT2D eigenvalue weighted by atomic mass is 35.5. The van der Waals surface area contributed by atoms with Crippen molar-refractivity contribution < 1.29 is 18.8 Å². The first-order chi connectivity index (χ1) is 17.0. The fraction of sp³-hybridized carbons (Fsp3) is 0.385. The number of rotatable bonds is 8. The quantitative estimate of drug-likeness (QED) is 0.436. The number of piperidine rings is 1. The van der Waals surface area contributed by atoms with Crippen LogP contribution in [0.1, 0.15) is 54.9 Å². The Morgan fingerprint density at radius 2 is 1.89 bits per heavy atom. The van der Waals surface area contributed by atoms with E-state index in [4.69, 9.17) is 20.9 Å². The Balaban J connectivity index is 1.50. The van der Waals surface area contributed by atoms with Gasteiger partial charge in [0.15, 0.2) is 0 Å². The maximum absolute atomic E-state index is 13.4. The van der Waals surface area contributed by atoms with Crippen molar-refractivity contribution in [2.24, 2.45) is 0 Å². The first-order valence-corrected chi connectivity index (χ1v) is 12.2. The van der Waals surface area contributed by atoms with Crippen LogP contribution in [-0.4, -0.2) is 58.5 Å². The molecule has 1 aromatic heterocycles. The highest BCUT2D eigenvalue weighted by Crippen LogP contribution is 2.31. The summed E-state index contributed by atoms with van der Waals surface area (Å²) in [6, 6.07) is 13.8. The summed E-state index contributed by atoms with van der Waals surface area (Å²) in [5.41, 5.74) is 1.31. The van der Waals surface area contributed by atoms with Gasteiger partial charge in [-0.3, -0.25) is 9.59 Å². The molecule has 1 saturated heterocycles. The summed E-state index contributed by atoms with van der Waals surface area (Å²) < 4.78 is 10.8. The fourth-order valence-corrected chi connectivity index (χ4v) is 4.39. The van der Waals surface area contributed by atoms with Gasteiger partial charge < -0.3 is 19.1 Å². The molecule has 2 aromatic carbocycles. The summed E-state index contributed by atoms with van der Waals surface area (Å²) >= 11 is 5.98. The Bertz CT molecular complexity index is 1150. The van der Waals surface area contributed by atoms with Gasteiger partial charge in [0.25, 0.3) is 5.91 Å². The van der Waals surface area contributed by atoms with Crippen molar-refractivity contribution in [2.45, 2.75) is 38.6 Å². The van der Waals surface area contributed by atoms with Crippen molar-refractivity contribution in [3.63, 3.8) is 0 Å². The van der Waals surface area contributed by atoms with E-state index in [0.29, 0.717) is 41.1 Å². The van der Waals surface area contributed by atoms with Crippen LogP contribution in [0.4, 0.5) is 0 Å². The summed E-state index contributed by atoms with van der Waals surface area (Å²) in [5.74, 6) is 1.23. The number of aromatic nitrogens is 2. The van der Waals surface area contributed by atoms with Gasteiger partial charge in [0, 0.05) is 29.2 Å². The molecule has 1 unspecified atom stereocenters. The zero-order chi connectivity index (χ0) is 24.8. The highest BCUT2D eigenvalue weighted by Gasteiger charge is 2.33. The Labute approximate surface area is 209 Å². The van der Waals surface area contributed by atoms with E-state index in [1.165, 1.54) is 0 Å². The fourth-order valence-electron chi connectivity index (χ4n) is 4.27. The number of amides is 2. The van der Waals surface area contributed by atoms with Crippen molar-refractivity contribution in [3.05, 3.63) is 65.0 Å². The molecule has 3 aromatic rings.